The fourth-order valence-corrected chi connectivity index (χ4v) is 4.70. The Balaban J connectivity index is 1.66. The smallest absolute Gasteiger partial charge is 0.247 e. The van der Waals surface area contributed by atoms with Gasteiger partial charge in [-0.25, -0.2) is 14.4 Å². The number of aromatic nitrogens is 3. The minimum atomic E-state index is -1.32. The Morgan fingerprint density at radius 1 is 1.22 bits per heavy atom. The van der Waals surface area contributed by atoms with Crippen LogP contribution in [0.3, 0.4) is 0 Å². The number of likely N-dealkylation sites (N-methyl/N-ethyl adjacent to an activating group) is 1. The fraction of sp³-hybridized carbons (Fsp3) is 0.357. The number of carbonyl (C=O) groups excluding carboxylic acids is 1. The highest BCUT2D eigenvalue weighted by Gasteiger charge is 2.31. The molecule has 4 N–H and O–H groups in total. The number of nitrogens with zero attached hydrogens (tertiary/aromatic N) is 5. The summed E-state index contributed by atoms with van der Waals surface area (Å²) >= 11 is 5.95. The van der Waals surface area contributed by atoms with Crippen LogP contribution in [0.4, 0.5) is 39.0 Å². The van der Waals surface area contributed by atoms with Gasteiger partial charge in [-0.05, 0) is 58.6 Å². The van der Waals surface area contributed by atoms with Crippen molar-refractivity contribution in [3.8, 4) is 5.75 Å². The molecule has 0 radical (unpaired) electrons. The van der Waals surface area contributed by atoms with Gasteiger partial charge in [-0.3, -0.25) is 4.79 Å². The van der Waals surface area contributed by atoms with Gasteiger partial charge in [0.1, 0.15) is 17.9 Å². The van der Waals surface area contributed by atoms with Gasteiger partial charge in [-0.1, -0.05) is 18.2 Å². The van der Waals surface area contributed by atoms with Crippen LogP contribution in [-0.4, -0.2) is 71.2 Å². The van der Waals surface area contributed by atoms with E-state index in [9.17, 15) is 14.3 Å². The molecule has 1 aromatic heterocycles. The van der Waals surface area contributed by atoms with Crippen molar-refractivity contribution in [2.45, 2.75) is 31.9 Å². The Labute approximate surface area is 243 Å². The topological polar surface area (TPSA) is 128 Å². The first-order chi connectivity index (χ1) is 19.4. The first kappa shape index (κ1) is 30.0. The second-order valence-corrected chi connectivity index (χ2v) is 10.8. The van der Waals surface area contributed by atoms with E-state index in [0.29, 0.717) is 22.7 Å². The van der Waals surface area contributed by atoms with Crippen molar-refractivity contribution in [2.24, 2.45) is 0 Å². The van der Waals surface area contributed by atoms with Crippen molar-refractivity contribution in [1.82, 2.24) is 19.9 Å². The molecule has 0 saturated carbocycles. The lowest BCUT2D eigenvalue weighted by Gasteiger charge is -2.45. The van der Waals surface area contributed by atoms with Crippen molar-refractivity contribution in [2.75, 3.05) is 55.1 Å². The highest BCUT2D eigenvalue weighted by atomic mass is 35.5. The Bertz CT molecular complexity index is 1450. The quantitative estimate of drug-likeness (QED) is 0.236. The summed E-state index contributed by atoms with van der Waals surface area (Å²) in [6, 6.07) is 6.42. The molecule has 1 amide bonds. The molecule has 1 saturated heterocycles. The third-order valence-electron chi connectivity index (χ3n) is 6.57. The third kappa shape index (κ3) is 7.02. The van der Waals surface area contributed by atoms with E-state index >= 15 is 0 Å². The average Bonchev–Trinajstić information content (AvgIpc) is 2.89. The van der Waals surface area contributed by atoms with Crippen molar-refractivity contribution in [3.05, 3.63) is 59.7 Å². The highest BCUT2D eigenvalue weighted by Crippen LogP contribution is 2.41. The number of ether oxygens (including phenoxy) is 1. The number of aliphatic hydroxyl groups is 1. The minimum absolute atomic E-state index is 0.0950. The number of hydrogen-bond acceptors (Lipinski definition) is 10. The summed E-state index contributed by atoms with van der Waals surface area (Å²) in [5, 5.41) is 19.4. The summed E-state index contributed by atoms with van der Waals surface area (Å²) in [5.74, 6) is -0.257. The fourth-order valence-electron chi connectivity index (χ4n) is 4.54. The lowest BCUT2D eigenvalue weighted by molar-refractivity contribution is -0.111. The van der Waals surface area contributed by atoms with E-state index in [2.05, 4.69) is 47.3 Å². The zero-order valence-electron chi connectivity index (χ0n) is 23.6. The van der Waals surface area contributed by atoms with Crippen LogP contribution in [0.15, 0.2) is 43.2 Å². The molecule has 41 heavy (non-hydrogen) atoms. The molecule has 4 rings (SSSR count). The van der Waals surface area contributed by atoms with E-state index in [4.69, 9.17) is 16.3 Å². The van der Waals surface area contributed by atoms with E-state index in [1.807, 2.05) is 20.2 Å². The number of nitrogens with one attached hydrogen (secondary N) is 3. The molecule has 2 aromatic carbocycles. The molecule has 1 atom stereocenters. The van der Waals surface area contributed by atoms with Gasteiger partial charge in [0.25, 0.3) is 0 Å². The van der Waals surface area contributed by atoms with E-state index in [0.717, 1.165) is 25.2 Å². The van der Waals surface area contributed by atoms with Gasteiger partial charge in [0.2, 0.25) is 17.8 Å². The summed E-state index contributed by atoms with van der Waals surface area (Å²) in [4.78, 5) is 29.4. The predicted molar refractivity (Wildman–Crippen MR) is 159 cm³/mol. The summed E-state index contributed by atoms with van der Waals surface area (Å²) in [6.45, 7) is 8.39. The number of anilines is 6. The van der Waals surface area contributed by atoms with Gasteiger partial charge in [0.05, 0.1) is 34.8 Å². The van der Waals surface area contributed by atoms with E-state index in [-0.39, 0.29) is 34.6 Å². The number of amides is 1. The molecular weight excluding hydrogens is 551 g/mol. The van der Waals surface area contributed by atoms with Crippen LogP contribution in [0.5, 0.6) is 5.75 Å². The Morgan fingerprint density at radius 3 is 2.46 bits per heavy atom. The van der Waals surface area contributed by atoms with E-state index < -0.39 is 11.4 Å². The minimum Gasteiger partial charge on any atom is -0.494 e. The summed E-state index contributed by atoms with van der Waals surface area (Å²) < 4.78 is 20.0. The molecule has 2 heterocycles. The second-order valence-electron chi connectivity index (χ2n) is 10.4. The molecule has 0 spiro atoms. The normalized spacial score (nSPS) is 14.9. The first-order valence-electron chi connectivity index (χ1n) is 12.9. The second kappa shape index (κ2) is 12.2. The zero-order valence-corrected chi connectivity index (χ0v) is 24.4. The van der Waals surface area contributed by atoms with Crippen molar-refractivity contribution >= 4 is 52.2 Å². The van der Waals surface area contributed by atoms with Gasteiger partial charge in [0, 0.05) is 36.4 Å². The van der Waals surface area contributed by atoms with Crippen LogP contribution in [0.1, 0.15) is 25.8 Å². The first-order valence-corrected chi connectivity index (χ1v) is 13.3. The third-order valence-corrected chi connectivity index (χ3v) is 6.86. The maximum atomic E-state index is 14.3. The van der Waals surface area contributed by atoms with Crippen LogP contribution in [0.2, 0.25) is 5.02 Å². The molecule has 1 aliphatic heterocycles. The SMILES string of the molecule is C=CC(=O)Nc1cc(Nc2ncnc(Nc3cc(F)c(Cl)cc3C(C)(C)O)n2)c(OC)cc1N1CC[C@@H]1CN(C)C. The number of benzene rings is 2. The molecule has 1 fully saturated rings. The lowest BCUT2D eigenvalue weighted by atomic mass is 9.96. The van der Waals surface area contributed by atoms with Crippen molar-refractivity contribution in [1.29, 1.82) is 0 Å². The van der Waals surface area contributed by atoms with Crippen molar-refractivity contribution in [3.63, 3.8) is 0 Å². The maximum Gasteiger partial charge on any atom is 0.247 e. The van der Waals surface area contributed by atoms with Crippen LogP contribution in [0.25, 0.3) is 0 Å². The number of hydrogen-bond donors (Lipinski definition) is 4. The van der Waals surface area contributed by atoms with Crippen LogP contribution >= 0.6 is 11.6 Å². The van der Waals surface area contributed by atoms with Crippen LogP contribution in [-0.2, 0) is 10.4 Å². The monoisotopic (exact) mass is 584 g/mol. The zero-order chi connectivity index (χ0) is 29.9. The predicted octanol–water partition coefficient (Wildman–Crippen LogP) is 4.65. The standard InChI is InChI=1S/C28H34ClFN8O3/c1-7-25(39)33-21-12-22(24(41-6)13-23(21)38-9-8-16(38)14-37(4)5)35-27-32-15-31-26(36-27)34-20-11-19(30)18(29)10-17(20)28(2,3)40/h7,10-13,15-16,40H,1,8-9,14H2,2-6H3,(H,33,39)(H2,31,32,34,35,36)/t16-/m1/s1. The summed E-state index contributed by atoms with van der Waals surface area (Å²) in [5.41, 5.74) is 1.17. The maximum absolute atomic E-state index is 14.3. The van der Waals surface area contributed by atoms with E-state index in [1.54, 1.807) is 27.0 Å². The van der Waals surface area contributed by atoms with E-state index in [1.165, 1.54) is 24.5 Å². The average molecular weight is 585 g/mol. The molecule has 13 heteroatoms. The Morgan fingerprint density at radius 2 is 1.90 bits per heavy atom. The number of rotatable bonds is 11. The van der Waals surface area contributed by atoms with Crippen LogP contribution < -0.4 is 25.6 Å². The Hall–Kier alpha value is -4.00. The lowest BCUT2D eigenvalue weighted by Crippen LogP contribution is -2.53. The summed E-state index contributed by atoms with van der Waals surface area (Å²) in [7, 11) is 5.60. The number of carbonyl (C=O) groups is 1. The molecule has 11 nitrogen and oxygen atoms in total. The molecule has 0 bridgehead atoms. The van der Waals surface area contributed by atoms with Gasteiger partial charge in [-0.15, -0.1) is 0 Å². The largest absolute Gasteiger partial charge is 0.494 e. The number of halogens is 2. The van der Waals surface area contributed by atoms with Gasteiger partial charge >= 0.3 is 0 Å². The molecule has 0 unspecified atom stereocenters. The van der Waals surface area contributed by atoms with Gasteiger partial charge in [0.15, 0.2) is 0 Å². The molecule has 218 valence electrons. The highest BCUT2D eigenvalue weighted by molar-refractivity contribution is 6.30. The van der Waals surface area contributed by atoms with Crippen molar-refractivity contribution < 1.29 is 19.0 Å². The van der Waals surface area contributed by atoms with Gasteiger partial charge in [-0.2, -0.15) is 4.98 Å². The van der Waals surface area contributed by atoms with Crippen LogP contribution in [0, 0.1) is 5.82 Å². The van der Waals surface area contributed by atoms with Gasteiger partial charge < -0.3 is 35.6 Å². The molecule has 1 aliphatic rings. The molecule has 3 aromatic rings. The summed E-state index contributed by atoms with van der Waals surface area (Å²) in [6.07, 6.45) is 3.52. The Kier molecular flexibility index (Phi) is 8.95. The molecule has 0 aliphatic carbocycles. The number of methoxy groups -OCH3 is 1. The molecular formula is C28H34ClFN8O3.